The minimum absolute atomic E-state index is 0.189. The summed E-state index contributed by atoms with van der Waals surface area (Å²) in [4.78, 5) is 2.45. The Morgan fingerprint density at radius 2 is 2.10 bits per heavy atom. The Bertz CT molecular complexity index is 193. The highest BCUT2D eigenvalue weighted by Gasteiger charge is 1.96. The van der Waals surface area contributed by atoms with Crippen molar-refractivity contribution >= 4 is 11.3 Å². The van der Waals surface area contributed by atoms with Gasteiger partial charge in [-0.2, -0.15) is 0 Å². The van der Waals surface area contributed by atoms with Crippen LogP contribution in [0.2, 0.25) is 0 Å². The summed E-state index contributed by atoms with van der Waals surface area (Å²) < 4.78 is 0. The average molecular weight is 156 g/mol. The molecule has 56 valence electrons. The Kier molecular flexibility index (Phi) is 2.90. The van der Waals surface area contributed by atoms with Crippen LogP contribution in [0.25, 0.3) is 0 Å². The molecule has 2 heteroatoms. The number of rotatable bonds is 3. The van der Waals surface area contributed by atoms with Gasteiger partial charge in [-0.3, -0.25) is 0 Å². The van der Waals surface area contributed by atoms with E-state index >= 15 is 0 Å². The molecule has 0 aliphatic rings. The number of hydrogen-bond acceptors (Lipinski definition) is 2. The molecule has 1 N–H and O–H groups in total. The summed E-state index contributed by atoms with van der Waals surface area (Å²) in [5.74, 6) is 0. The summed E-state index contributed by atoms with van der Waals surface area (Å²) in [5, 5.41) is 8.73. The van der Waals surface area contributed by atoms with Gasteiger partial charge in [-0.05, 0) is 18.6 Å². The van der Waals surface area contributed by atoms with E-state index in [4.69, 9.17) is 5.11 Å². The Hall–Kier alpha value is -0.340. The number of thiophene rings is 1. The standard InChI is InChI=1S/C8H12OS/c1-2-3-7-4-5-8(6-9)10-7/h4-5,9H,2-3,6H2,1H3. The van der Waals surface area contributed by atoms with Crippen LogP contribution in [0.3, 0.4) is 0 Å². The molecule has 0 saturated heterocycles. The molecule has 0 unspecified atom stereocenters. The summed E-state index contributed by atoms with van der Waals surface area (Å²) in [6.07, 6.45) is 2.33. The zero-order valence-corrected chi connectivity index (χ0v) is 6.95. The van der Waals surface area contributed by atoms with Gasteiger partial charge in [0.1, 0.15) is 0 Å². The molecule has 10 heavy (non-hydrogen) atoms. The first-order valence-corrected chi connectivity index (χ1v) is 4.37. The molecule has 0 saturated carbocycles. The lowest BCUT2D eigenvalue weighted by Gasteiger charge is -1.88. The van der Waals surface area contributed by atoms with Crippen LogP contribution in [-0.4, -0.2) is 5.11 Å². The third-order valence-corrected chi connectivity index (χ3v) is 2.50. The van der Waals surface area contributed by atoms with E-state index in [9.17, 15) is 0 Å². The monoisotopic (exact) mass is 156 g/mol. The average Bonchev–Trinajstić information content (AvgIpc) is 2.37. The molecule has 0 fully saturated rings. The quantitative estimate of drug-likeness (QED) is 0.711. The molecule has 0 spiro atoms. The molecule has 0 aliphatic carbocycles. The van der Waals surface area contributed by atoms with Gasteiger partial charge in [0.05, 0.1) is 6.61 Å². The largest absolute Gasteiger partial charge is 0.391 e. The van der Waals surface area contributed by atoms with Crippen molar-refractivity contribution in [2.24, 2.45) is 0 Å². The van der Waals surface area contributed by atoms with Crippen LogP contribution in [0.15, 0.2) is 12.1 Å². The molecule has 0 bridgehead atoms. The predicted octanol–water partition coefficient (Wildman–Crippen LogP) is 2.19. The summed E-state index contributed by atoms with van der Waals surface area (Å²) in [7, 11) is 0. The highest BCUT2D eigenvalue weighted by atomic mass is 32.1. The number of aliphatic hydroxyl groups excluding tert-OH is 1. The fourth-order valence-corrected chi connectivity index (χ4v) is 1.87. The van der Waals surface area contributed by atoms with E-state index in [1.165, 1.54) is 11.3 Å². The van der Waals surface area contributed by atoms with Crippen LogP contribution in [0, 0.1) is 0 Å². The van der Waals surface area contributed by atoms with Crippen molar-refractivity contribution in [2.45, 2.75) is 26.4 Å². The first-order chi connectivity index (χ1) is 4.86. The van der Waals surface area contributed by atoms with Crippen molar-refractivity contribution in [3.05, 3.63) is 21.9 Å². The molecule has 1 rings (SSSR count). The van der Waals surface area contributed by atoms with E-state index in [-0.39, 0.29) is 6.61 Å². The summed E-state index contributed by atoms with van der Waals surface area (Å²) >= 11 is 1.71. The SMILES string of the molecule is CCCc1ccc(CO)s1. The minimum Gasteiger partial charge on any atom is -0.391 e. The van der Waals surface area contributed by atoms with E-state index in [0.717, 1.165) is 11.3 Å². The van der Waals surface area contributed by atoms with Gasteiger partial charge in [-0.25, -0.2) is 0 Å². The van der Waals surface area contributed by atoms with Crippen LogP contribution in [0.5, 0.6) is 0 Å². The zero-order valence-electron chi connectivity index (χ0n) is 6.13. The van der Waals surface area contributed by atoms with Crippen LogP contribution < -0.4 is 0 Å². The Morgan fingerprint density at radius 3 is 2.60 bits per heavy atom. The van der Waals surface area contributed by atoms with Crippen molar-refractivity contribution in [3.63, 3.8) is 0 Å². The van der Waals surface area contributed by atoms with E-state index in [0.29, 0.717) is 0 Å². The summed E-state index contributed by atoms with van der Waals surface area (Å²) in [5.41, 5.74) is 0. The number of aryl methyl sites for hydroxylation is 1. The second-order valence-electron chi connectivity index (χ2n) is 2.28. The van der Waals surface area contributed by atoms with Crippen molar-refractivity contribution in [3.8, 4) is 0 Å². The highest BCUT2D eigenvalue weighted by Crippen LogP contribution is 2.17. The van der Waals surface area contributed by atoms with Crippen LogP contribution in [0.4, 0.5) is 0 Å². The highest BCUT2D eigenvalue weighted by molar-refractivity contribution is 7.11. The van der Waals surface area contributed by atoms with E-state index < -0.39 is 0 Å². The van der Waals surface area contributed by atoms with Gasteiger partial charge >= 0.3 is 0 Å². The molecule has 0 aliphatic heterocycles. The molecule has 0 aromatic carbocycles. The van der Waals surface area contributed by atoms with Crippen LogP contribution >= 0.6 is 11.3 Å². The first kappa shape index (κ1) is 7.76. The maximum atomic E-state index is 8.73. The lowest BCUT2D eigenvalue weighted by molar-refractivity contribution is 0.285. The van der Waals surface area contributed by atoms with E-state index in [2.05, 4.69) is 13.0 Å². The molecule has 0 radical (unpaired) electrons. The zero-order chi connectivity index (χ0) is 7.40. The molecule has 0 atom stereocenters. The van der Waals surface area contributed by atoms with E-state index in [1.807, 2.05) is 6.07 Å². The lowest BCUT2D eigenvalue weighted by Crippen LogP contribution is -1.73. The molecule has 1 aromatic rings. The van der Waals surface area contributed by atoms with Gasteiger partial charge in [0.2, 0.25) is 0 Å². The van der Waals surface area contributed by atoms with E-state index in [1.54, 1.807) is 11.3 Å². The van der Waals surface area contributed by atoms with Crippen LogP contribution in [0.1, 0.15) is 23.1 Å². The fraction of sp³-hybridized carbons (Fsp3) is 0.500. The molecule has 1 nitrogen and oxygen atoms in total. The third-order valence-electron chi connectivity index (χ3n) is 1.37. The molecular weight excluding hydrogens is 144 g/mol. The van der Waals surface area contributed by atoms with Gasteiger partial charge in [0.25, 0.3) is 0 Å². The maximum Gasteiger partial charge on any atom is 0.0774 e. The van der Waals surface area contributed by atoms with Gasteiger partial charge in [0, 0.05) is 9.75 Å². The Balaban J connectivity index is 2.59. The maximum absolute atomic E-state index is 8.73. The van der Waals surface area contributed by atoms with Crippen molar-refractivity contribution in [1.82, 2.24) is 0 Å². The topological polar surface area (TPSA) is 20.2 Å². The minimum atomic E-state index is 0.189. The Labute approximate surface area is 65.3 Å². The van der Waals surface area contributed by atoms with Gasteiger partial charge in [-0.1, -0.05) is 13.3 Å². The Morgan fingerprint density at radius 1 is 1.40 bits per heavy atom. The van der Waals surface area contributed by atoms with Crippen molar-refractivity contribution < 1.29 is 5.11 Å². The fourth-order valence-electron chi connectivity index (χ4n) is 0.888. The second kappa shape index (κ2) is 3.74. The second-order valence-corrected chi connectivity index (χ2v) is 3.53. The third kappa shape index (κ3) is 1.82. The first-order valence-electron chi connectivity index (χ1n) is 3.55. The smallest absolute Gasteiger partial charge is 0.0774 e. The normalized spacial score (nSPS) is 10.2. The number of hydrogen-bond donors (Lipinski definition) is 1. The van der Waals surface area contributed by atoms with Crippen LogP contribution in [-0.2, 0) is 13.0 Å². The van der Waals surface area contributed by atoms with Crippen molar-refractivity contribution in [1.29, 1.82) is 0 Å². The number of aliphatic hydroxyl groups is 1. The van der Waals surface area contributed by atoms with Gasteiger partial charge in [-0.15, -0.1) is 11.3 Å². The molecular formula is C8H12OS. The molecule has 1 heterocycles. The molecule has 1 aromatic heterocycles. The van der Waals surface area contributed by atoms with Gasteiger partial charge in [0.15, 0.2) is 0 Å². The predicted molar refractivity (Wildman–Crippen MR) is 44.2 cm³/mol. The molecule has 0 amide bonds. The van der Waals surface area contributed by atoms with Gasteiger partial charge < -0.3 is 5.11 Å². The lowest BCUT2D eigenvalue weighted by atomic mass is 10.3. The summed E-state index contributed by atoms with van der Waals surface area (Å²) in [6.45, 7) is 2.35. The summed E-state index contributed by atoms with van der Waals surface area (Å²) in [6, 6.07) is 4.09. The van der Waals surface area contributed by atoms with Crippen molar-refractivity contribution in [2.75, 3.05) is 0 Å².